The van der Waals surface area contributed by atoms with Gasteiger partial charge in [0.05, 0.1) is 11.6 Å². The first-order valence-corrected chi connectivity index (χ1v) is 8.04. The zero-order valence-electron chi connectivity index (χ0n) is 12.5. The van der Waals surface area contributed by atoms with Crippen molar-refractivity contribution in [3.8, 4) is 17.6 Å². The van der Waals surface area contributed by atoms with Crippen LogP contribution in [0.3, 0.4) is 0 Å². The number of rotatable bonds is 4. The predicted molar refractivity (Wildman–Crippen MR) is 83.1 cm³/mol. The third kappa shape index (κ3) is 3.43. The van der Waals surface area contributed by atoms with Gasteiger partial charge in [-0.2, -0.15) is 14.0 Å². The first-order valence-electron chi connectivity index (χ1n) is 7.16. The number of benzene rings is 2. The number of hydrogen-bond acceptors (Lipinski definition) is 4. The maximum Gasteiger partial charge on any atom is 0.288 e. The Hall–Kier alpha value is -2.24. The highest BCUT2D eigenvalue weighted by atomic mass is 32.2. The molecule has 0 spiro atoms. The van der Waals surface area contributed by atoms with E-state index in [2.05, 4.69) is 0 Å². The third-order valence-electron chi connectivity index (χ3n) is 3.77. The summed E-state index contributed by atoms with van der Waals surface area (Å²) in [6, 6.07) is 10.6. The van der Waals surface area contributed by atoms with Gasteiger partial charge in [0.1, 0.15) is 17.6 Å². The molecule has 25 heavy (non-hydrogen) atoms. The number of ether oxygens (including phenoxy) is 1. The number of halogens is 4. The van der Waals surface area contributed by atoms with Gasteiger partial charge >= 0.3 is 0 Å². The fourth-order valence-corrected chi connectivity index (χ4v) is 3.40. The molecule has 2 aromatic carbocycles. The van der Waals surface area contributed by atoms with Crippen molar-refractivity contribution in [2.45, 2.75) is 29.1 Å². The summed E-state index contributed by atoms with van der Waals surface area (Å²) in [5.41, 5.74) is 0.0825. The molecule has 3 rings (SSSR count). The van der Waals surface area contributed by atoms with Crippen LogP contribution in [0.15, 0.2) is 41.3 Å². The van der Waals surface area contributed by atoms with Gasteiger partial charge in [-0.1, -0.05) is 17.8 Å². The summed E-state index contributed by atoms with van der Waals surface area (Å²) >= 11 is 0.104. The largest absolute Gasteiger partial charge is 0.457 e. The molecule has 3 nitrogen and oxygen atoms in total. The number of aliphatic hydroxyl groups excluding tert-OH is 1. The van der Waals surface area contributed by atoms with Crippen LogP contribution >= 0.6 is 11.8 Å². The van der Waals surface area contributed by atoms with Crippen LogP contribution in [-0.4, -0.2) is 16.8 Å². The monoisotopic (exact) mass is 369 g/mol. The Morgan fingerprint density at radius 1 is 1.28 bits per heavy atom. The highest BCUT2D eigenvalue weighted by molar-refractivity contribution is 7.99. The molecule has 1 aliphatic rings. The molecular weight excluding hydrogens is 358 g/mol. The number of aliphatic hydroxyl groups is 1. The van der Waals surface area contributed by atoms with Crippen LogP contribution in [0.5, 0.6) is 11.5 Å². The summed E-state index contributed by atoms with van der Waals surface area (Å²) in [6.45, 7) is 0. The third-order valence-corrected chi connectivity index (χ3v) is 4.56. The zero-order valence-corrected chi connectivity index (χ0v) is 13.4. The number of fused-ring (bicyclic) bond motifs is 1. The fourth-order valence-electron chi connectivity index (χ4n) is 2.70. The van der Waals surface area contributed by atoms with Crippen LogP contribution < -0.4 is 4.74 Å². The summed E-state index contributed by atoms with van der Waals surface area (Å²) in [5, 5.41) is 18.8. The Bertz CT molecular complexity index is 851. The summed E-state index contributed by atoms with van der Waals surface area (Å²) in [5.74, 6) is -5.97. The molecule has 2 aromatic rings. The van der Waals surface area contributed by atoms with Crippen molar-refractivity contribution >= 4 is 11.8 Å². The average molecular weight is 369 g/mol. The molecule has 8 heteroatoms. The molecule has 0 unspecified atom stereocenters. The van der Waals surface area contributed by atoms with Crippen molar-refractivity contribution in [3.63, 3.8) is 0 Å². The Morgan fingerprint density at radius 2 is 2.04 bits per heavy atom. The summed E-state index contributed by atoms with van der Waals surface area (Å²) in [6.07, 6.45) is -2.98. The standard InChI is InChI=1S/C17H11F4NO2S/c18-16(19)25-13-5-4-12(11-7-17(20,21)15(23)14(11)13)24-10-3-1-2-9(6-10)8-22/h1-6,15-16,23H,7H2/t15-/m0/s1. The van der Waals surface area contributed by atoms with Crippen LogP contribution in [0, 0.1) is 11.3 Å². The van der Waals surface area contributed by atoms with Crippen molar-refractivity contribution in [2.24, 2.45) is 0 Å². The van der Waals surface area contributed by atoms with Crippen molar-refractivity contribution in [1.82, 2.24) is 0 Å². The lowest BCUT2D eigenvalue weighted by Gasteiger charge is -2.16. The second-order valence-electron chi connectivity index (χ2n) is 5.41. The number of alkyl halides is 4. The average Bonchev–Trinajstić information content (AvgIpc) is 2.80. The summed E-state index contributed by atoms with van der Waals surface area (Å²) in [7, 11) is 0. The number of thioether (sulfide) groups is 1. The topological polar surface area (TPSA) is 53.2 Å². The summed E-state index contributed by atoms with van der Waals surface area (Å²) in [4.78, 5) is -0.104. The molecule has 0 aliphatic heterocycles. The van der Waals surface area contributed by atoms with Gasteiger partial charge in [0.25, 0.3) is 11.7 Å². The minimum Gasteiger partial charge on any atom is -0.457 e. The Balaban J connectivity index is 2.03. The lowest BCUT2D eigenvalue weighted by atomic mass is 10.1. The number of nitrogens with zero attached hydrogens (tertiary/aromatic N) is 1. The Labute approximate surface area is 144 Å². The molecule has 0 aromatic heterocycles. The van der Waals surface area contributed by atoms with Gasteiger partial charge in [0.2, 0.25) is 0 Å². The molecular formula is C17H11F4NO2S. The van der Waals surface area contributed by atoms with E-state index in [0.29, 0.717) is 5.56 Å². The lowest BCUT2D eigenvalue weighted by molar-refractivity contribution is -0.0976. The fraction of sp³-hybridized carbons (Fsp3) is 0.235. The number of hydrogen-bond donors (Lipinski definition) is 1. The zero-order chi connectivity index (χ0) is 18.2. The van der Waals surface area contributed by atoms with Gasteiger partial charge in [0, 0.05) is 22.4 Å². The molecule has 0 saturated heterocycles. The quantitative estimate of drug-likeness (QED) is 0.616. The Morgan fingerprint density at radius 3 is 2.72 bits per heavy atom. The first-order chi connectivity index (χ1) is 11.8. The molecule has 0 radical (unpaired) electrons. The SMILES string of the molecule is N#Cc1cccc(Oc2ccc(SC(F)F)c3c2CC(F)(F)[C@H]3O)c1. The molecule has 130 valence electrons. The van der Waals surface area contributed by atoms with Gasteiger partial charge in [-0.15, -0.1) is 0 Å². The summed E-state index contributed by atoms with van der Waals surface area (Å²) < 4.78 is 58.8. The minimum absolute atomic E-state index is 0.00879. The predicted octanol–water partition coefficient (Wildman–Crippen LogP) is 4.89. The van der Waals surface area contributed by atoms with Crippen molar-refractivity contribution in [2.75, 3.05) is 0 Å². The van der Waals surface area contributed by atoms with Crippen molar-refractivity contribution < 1.29 is 27.4 Å². The second kappa shape index (κ2) is 6.58. The van der Waals surface area contributed by atoms with E-state index in [1.807, 2.05) is 6.07 Å². The van der Waals surface area contributed by atoms with Crippen LogP contribution in [0.2, 0.25) is 0 Å². The van der Waals surface area contributed by atoms with E-state index in [9.17, 15) is 22.7 Å². The molecule has 1 atom stereocenters. The second-order valence-corrected chi connectivity index (χ2v) is 6.45. The molecule has 0 fully saturated rings. The van der Waals surface area contributed by atoms with Crippen LogP contribution in [0.25, 0.3) is 0 Å². The maximum atomic E-state index is 13.9. The smallest absolute Gasteiger partial charge is 0.288 e. The van der Waals surface area contributed by atoms with Crippen molar-refractivity contribution in [1.29, 1.82) is 5.26 Å². The van der Waals surface area contributed by atoms with Gasteiger partial charge in [0.15, 0.2) is 0 Å². The van der Waals surface area contributed by atoms with E-state index in [4.69, 9.17) is 10.00 Å². The van der Waals surface area contributed by atoms with Crippen LogP contribution in [0.1, 0.15) is 22.8 Å². The van der Waals surface area contributed by atoms with E-state index in [1.165, 1.54) is 18.2 Å². The highest BCUT2D eigenvalue weighted by Crippen LogP contribution is 2.51. The maximum absolute atomic E-state index is 13.9. The van der Waals surface area contributed by atoms with E-state index >= 15 is 0 Å². The first kappa shape index (κ1) is 17.6. The van der Waals surface area contributed by atoms with Crippen LogP contribution in [0.4, 0.5) is 17.6 Å². The van der Waals surface area contributed by atoms with Crippen molar-refractivity contribution in [3.05, 3.63) is 53.1 Å². The molecule has 0 heterocycles. The molecule has 0 amide bonds. The molecule has 1 N–H and O–H groups in total. The van der Waals surface area contributed by atoms with E-state index in [-0.39, 0.29) is 39.3 Å². The molecule has 0 bridgehead atoms. The van der Waals surface area contributed by atoms with E-state index < -0.39 is 24.2 Å². The molecule has 0 saturated carbocycles. The van der Waals surface area contributed by atoms with Gasteiger partial charge in [-0.25, -0.2) is 8.78 Å². The van der Waals surface area contributed by atoms with Gasteiger partial charge in [-0.3, -0.25) is 0 Å². The normalized spacial score (nSPS) is 18.0. The minimum atomic E-state index is -3.46. The van der Waals surface area contributed by atoms with E-state index in [0.717, 1.165) is 0 Å². The Kier molecular flexibility index (Phi) is 4.62. The number of nitriles is 1. The van der Waals surface area contributed by atoms with Gasteiger partial charge in [-0.05, 0) is 30.3 Å². The highest BCUT2D eigenvalue weighted by Gasteiger charge is 2.49. The molecule has 1 aliphatic carbocycles. The van der Waals surface area contributed by atoms with E-state index in [1.54, 1.807) is 18.2 Å². The van der Waals surface area contributed by atoms with Crippen LogP contribution in [-0.2, 0) is 6.42 Å². The van der Waals surface area contributed by atoms with Gasteiger partial charge < -0.3 is 9.84 Å². The lowest BCUT2D eigenvalue weighted by Crippen LogP contribution is -2.21.